The molecule has 110 valence electrons. The van der Waals surface area contributed by atoms with Crippen molar-refractivity contribution in [2.75, 3.05) is 24.2 Å². The van der Waals surface area contributed by atoms with E-state index in [2.05, 4.69) is 10.3 Å². The number of nitrogens with two attached hydrogens (primary N) is 1. The molecule has 1 atom stereocenters. The van der Waals surface area contributed by atoms with Gasteiger partial charge in [0, 0.05) is 24.9 Å². The molecule has 0 aliphatic carbocycles. The van der Waals surface area contributed by atoms with Crippen molar-refractivity contribution in [3.8, 4) is 5.75 Å². The van der Waals surface area contributed by atoms with Gasteiger partial charge in [0.15, 0.2) is 6.10 Å². The van der Waals surface area contributed by atoms with Gasteiger partial charge in [0.2, 0.25) is 0 Å². The Kier molecular flexibility index (Phi) is 4.84. The fourth-order valence-corrected chi connectivity index (χ4v) is 1.98. The Balaban J connectivity index is 1.92. The summed E-state index contributed by atoms with van der Waals surface area (Å²) in [6.45, 7) is 7.51. The molecular formula is C15H23N3O2. The summed E-state index contributed by atoms with van der Waals surface area (Å²) in [6.07, 6.45) is 1.09. The lowest BCUT2D eigenvalue weighted by atomic mass is 10.2. The Labute approximate surface area is 120 Å². The summed E-state index contributed by atoms with van der Waals surface area (Å²) in [5.74, 6) is 1.63. The van der Waals surface area contributed by atoms with Gasteiger partial charge in [0.1, 0.15) is 11.6 Å². The predicted octanol–water partition coefficient (Wildman–Crippen LogP) is 2.68. The van der Waals surface area contributed by atoms with Crippen LogP contribution in [-0.4, -0.2) is 31.2 Å². The second-order valence-corrected chi connectivity index (χ2v) is 5.18. The van der Waals surface area contributed by atoms with Gasteiger partial charge in [-0.1, -0.05) is 0 Å². The number of anilines is 2. The van der Waals surface area contributed by atoms with E-state index in [1.807, 2.05) is 39.0 Å². The number of hydrogen-bond acceptors (Lipinski definition) is 4. The Hall–Kier alpha value is -1.75. The van der Waals surface area contributed by atoms with Crippen LogP contribution in [0.1, 0.15) is 27.2 Å². The zero-order valence-electron chi connectivity index (χ0n) is 12.3. The molecule has 5 heteroatoms. The first kappa shape index (κ1) is 14.7. The summed E-state index contributed by atoms with van der Waals surface area (Å²) < 4.78 is 11.3. The van der Waals surface area contributed by atoms with Gasteiger partial charge in [-0.05, 0) is 39.3 Å². The molecule has 5 nitrogen and oxygen atoms in total. The highest BCUT2D eigenvalue weighted by Gasteiger charge is 2.21. The van der Waals surface area contributed by atoms with E-state index in [1.54, 1.807) is 0 Å². The number of aliphatic imine (C=N–C) groups is 1. The number of fused-ring (bicyclic) bond motifs is 1. The molecule has 1 aromatic rings. The van der Waals surface area contributed by atoms with Crippen LogP contribution in [0.2, 0.25) is 0 Å². The van der Waals surface area contributed by atoms with Crippen LogP contribution in [0.5, 0.6) is 5.75 Å². The number of rotatable bonds is 5. The third kappa shape index (κ3) is 3.87. The lowest BCUT2D eigenvalue weighted by Crippen LogP contribution is -2.35. The van der Waals surface area contributed by atoms with E-state index in [0.717, 1.165) is 36.8 Å². The van der Waals surface area contributed by atoms with Gasteiger partial charge in [-0.25, -0.2) is 0 Å². The predicted molar refractivity (Wildman–Crippen MR) is 82.6 cm³/mol. The van der Waals surface area contributed by atoms with Crippen molar-refractivity contribution in [2.45, 2.75) is 39.4 Å². The van der Waals surface area contributed by atoms with E-state index < -0.39 is 0 Å². The molecule has 1 aromatic carbocycles. The maximum Gasteiger partial charge on any atom is 0.153 e. The molecular weight excluding hydrogens is 254 g/mol. The van der Waals surface area contributed by atoms with Crippen molar-refractivity contribution in [3.05, 3.63) is 18.2 Å². The molecule has 20 heavy (non-hydrogen) atoms. The van der Waals surface area contributed by atoms with Crippen LogP contribution in [0, 0.1) is 0 Å². The summed E-state index contributed by atoms with van der Waals surface area (Å²) in [5, 5.41) is 3.30. The highest BCUT2D eigenvalue weighted by atomic mass is 16.5. The number of amidine groups is 1. The molecule has 1 aliphatic heterocycles. The standard InChI is InChI=1S/C15H23N3O2/c1-10(2)19-8-4-7-17-15-11(3)20-14-9-12(16)5-6-13(14)18-15/h5-6,9-11H,4,7-8,16H2,1-3H3,(H,17,18). The summed E-state index contributed by atoms with van der Waals surface area (Å²) >= 11 is 0. The number of benzene rings is 1. The van der Waals surface area contributed by atoms with Gasteiger partial charge in [0.25, 0.3) is 0 Å². The zero-order valence-corrected chi connectivity index (χ0v) is 12.3. The first-order chi connectivity index (χ1) is 9.56. The van der Waals surface area contributed by atoms with Crippen molar-refractivity contribution in [1.29, 1.82) is 0 Å². The smallest absolute Gasteiger partial charge is 0.153 e. The fraction of sp³-hybridized carbons (Fsp3) is 0.533. The summed E-state index contributed by atoms with van der Waals surface area (Å²) in [5.41, 5.74) is 7.36. The van der Waals surface area contributed by atoms with Crippen LogP contribution in [0.25, 0.3) is 0 Å². The lowest BCUT2D eigenvalue weighted by Gasteiger charge is -2.26. The summed E-state index contributed by atoms with van der Waals surface area (Å²) in [6, 6.07) is 5.58. The van der Waals surface area contributed by atoms with Crippen molar-refractivity contribution in [3.63, 3.8) is 0 Å². The van der Waals surface area contributed by atoms with Crippen molar-refractivity contribution >= 4 is 17.2 Å². The van der Waals surface area contributed by atoms with Crippen LogP contribution in [0.15, 0.2) is 23.2 Å². The van der Waals surface area contributed by atoms with Gasteiger partial charge in [-0.3, -0.25) is 4.99 Å². The number of nitrogen functional groups attached to an aromatic ring is 1. The summed E-state index contributed by atoms with van der Waals surface area (Å²) in [7, 11) is 0. The molecule has 0 amide bonds. The zero-order chi connectivity index (χ0) is 14.5. The number of ether oxygens (including phenoxy) is 2. The SMILES string of the molecule is CC(C)OCCCN=C1Nc2ccc(N)cc2OC1C. The molecule has 0 saturated carbocycles. The molecule has 0 saturated heterocycles. The minimum atomic E-state index is -0.0877. The quantitative estimate of drug-likeness (QED) is 0.641. The molecule has 2 rings (SSSR count). The van der Waals surface area contributed by atoms with Gasteiger partial charge >= 0.3 is 0 Å². The number of nitrogens with zero attached hydrogens (tertiary/aromatic N) is 1. The molecule has 0 radical (unpaired) electrons. The largest absolute Gasteiger partial charge is 0.481 e. The monoisotopic (exact) mass is 277 g/mol. The van der Waals surface area contributed by atoms with E-state index in [-0.39, 0.29) is 12.2 Å². The van der Waals surface area contributed by atoms with Crippen LogP contribution in [-0.2, 0) is 4.74 Å². The highest BCUT2D eigenvalue weighted by molar-refractivity contribution is 6.01. The van der Waals surface area contributed by atoms with Gasteiger partial charge in [-0.2, -0.15) is 0 Å². The van der Waals surface area contributed by atoms with E-state index in [9.17, 15) is 0 Å². The Morgan fingerprint density at radius 2 is 2.25 bits per heavy atom. The minimum absolute atomic E-state index is 0.0877. The van der Waals surface area contributed by atoms with Crippen LogP contribution in [0.4, 0.5) is 11.4 Å². The molecule has 1 aliphatic rings. The first-order valence-corrected chi connectivity index (χ1v) is 7.05. The van der Waals surface area contributed by atoms with Gasteiger partial charge in [0.05, 0.1) is 11.8 Å². The molecule has 0 aromatic heterocycles. The maximum absolute atomic E-state index is 5.82. The van der Waals surface area contributed by atoms with E-state index >= 15 is 0 Å². The minimum Gasteiger partial charge on any atom is -0.481 e. The molecule has 3 N–H and O–H groups in total. The lowest BCUT2D eigenvalue weighted by molar-refractivity contribution is 0.0782. The molecule has 0 bridgehead atoms. The first-order valence-electron chi connectivity index (χ1n) is 7.05. The molecule has 1 unspecified atom stereocenters. The number of nitrogens with one attached hydrogen (secondary N) is 1. The molecule has 0 fully saturated rings. The van der Waals surface area contributed by atoms with Crippen molar-refractivity contribution < 1.29 is 9.47 Å². The summed E-state index contributed by atoms with van der Waals surface area (Å²) in [4.78, 5) is 4.55. The Morgan fingerprint density at radius 3 is 3.00 bits per heavy atom. The third-order valence-electron chi connectivity index (χ3n) is 2.99. The maximum atomic E-state index is 5.82. The van der Waals surface area contributed by atoms with Gasteiger partial charge in [-0.15, -0.1) is 0 Å². The second kappa shape index (κ2) is 6.61. The fourth-order valence-electron chi connectivity index (χ4n) is 1.98. The topological polar surface area (TPSA) is 68.9 Å². The molecule has 1 heterocycles. The van der Waals surface area contributed by atoms with E-state index in [0.29, 0.717) is 5.69 Å². The van der Waals surface area contributed by atoms with Gasteiger partial charge < -0.3 is 20.5 Å². The van der Waals surface area contributed by atoms with Crippen molar-refractivity contribution in [2.24, 2.45) is 4.99 Å². The highest BCUT2D eigenvalue weighted by Crippen LogP contribution is 2.31. The van der Waals surface area contributed by atoms with Crippen LogP contribution in [0.3, 0.4) is 0 Å². The second-order valence-electron chi connectivity index (χ2n) is 5.18. The van der Waals surface area contributed by atoms with E-state index in [1.165, 1.54) is 0 Å². The average molecular weight is 277 g/mol. The average Bonchev–Trinajstić information content (AvgIpc) is 2.38. The van der Waals surface area contributed by atoms with Crippen LogP contribution >= 0.6 is 0 Å². The van der Waals surface area contributed by atoms with E-state index in [4.69, 9.17) is 15.2 Å². The molecule has 0 spiro atoms. The normalized spacial score (nSPS) is 19.6. The Morgan fingerprint density at radius 1 is 1.45 bits per heavy atom. The third-order valence-corrected chi connectivity index (χ3v) is 2.99. The van der Waals surface area contributed by atoms with Crippen LogP contribution < -0.4 is 15.8 Å². The van der Waals surface area contributed by atoms with Crippen molar-refractivity contribution in [1.82, 2.24) is 0 Å². The Bertz CT molecular complexity index is 486. The number of hydrogen-bond donors (Lipinski definition) is 2.